The molecular weight excluding hydrogens is 328 g/mol. The van der Waals surface area contributed by atoms with Crippen molar-refractivity contribution in [3.8, 4) is 11.5 Å². The minimum absolute atomic E-state index is 0.0240. The molecule has 2 aliphatic rings. The fourth-order valence-corrected chi connectivity index (χ4v) is 3.63. The Kier molecular flexibility index (Phi) is 6.23. The summed E-state index contributed by atoms with van der Waals surface area (Å²) in [4.78, 5) is 13.0. The SMILES string of the molecule is O=C(CCSc1ccc2c(c1)OCCCO2)NCC1CNCC1O. The van der Waals surface area contributed by atoms with E-state index in [-0.39, 0.29) is 17.9 Å². The molecule has 6 nitrogen and oxygen atoms in total. The van der Waals surface area contributed by atoms with Gasteiger partial charge in [-0.25, -0.2) is 0 Å². The van der Waals surface area contributed by atoms with E-state index in [1.807, 2.05) is 18.2 Å². The van der Waals surface area contributed by atoms with Gasteiger partial charge in [-0.2, -0.15) is 0 Å². The lowest BCUT2D eigenvalue weighted by Gasteiger charge is -2.14. The van der Waals surface area contributed by atoms with Crippen molar-refractivity contribution < 1.29 is 19.4 Å². The van der Waals surface area contributed by atoms with Crippen LogP contribution < -0.4 is 20.1 Å². The second-order valence-corrected chi connectivity index (χ2v) is 7.22. The van der Waals surface area contributed by atoms with Crippen molar-refractivity contribution >= 4 is 17.7 Å². The summed E-state index contributed by atoms with van der Waals surface area (Å²) in [6.45, 7) is 3.26. The van der Waals surface area contributed by atoms with E-state index in [4.69, 9.17) is 9.47 Å². The van der Waals surface area contributed by atoms with E-state index >= 15 is 0 Å². The van der Waals surface area contributed by atoms with E-state index < -0.39 is 0 Å². The lowest BCUT2D eigenvalue weighted by molar-refractivity contribution is -0.120. The van der Waals surface area contributed by atoms with Crippen molar-refractivity contribution in [1.82, 2.24) is 10.6 Å². The van der Waals surface area contributed by atoms with Gasteiger partial charge in [0.25, 0.3) is 0 Å². The van der Waals surface area contributed by atoms with Gasteiger partial charge >= 0.3 is 0 Å². The summed E-state index contributed by atoms with van der Waals surface area (Å²) in [6.07, 6.45) is 0.985. The molecule has 0 aromatic heterocycles. The number of carbonyl (C=O) groups excluding carboxylic acids is 1. The highest BCUT2D eigenvalue weighted by atomic mass is 32.2. The van der Waals surface area contributed by atoms with Gasteiger partial charge in [-0.05, 0) is 18.2 Å². The number of aliphatic hydroxyl groups excluding tert-OH is 1. The molecule has 132 valence electrons. The summed E-state index contributed by atoms with van der Waals surface area (Å²) in [5.74, 6) is 2.42. The molecule has 24 heavy (non-hydrogen) atoms. The number of hydrogen-bond donors (Lipinski definition) is 3. The zero-order chi connectivity index (χ0) is 16.8. The molecule has 0 saturated carbocycles. The minimum atomic E-state index is -0.360. The van der Waals surface area contributed by atoms with E-state index in [9.17, 15) is 9.90 Å². The standard InChI is InChI=1S/C17H24N2O4S/c20-14-11-18-9-12(14)10-19-17(21)4-7-24-13-2-3-15-16(8-13)23-6-1-5-22-15/h2-3,8,12,14,18,20H,1,4-7,9-11H2,(H,19,21). The Balaban J connectivity index is 1.39. The first-order chi connectivity index (χ1) is 11.7. The van der Waals surface area contributed by atoms with Gasteiger partial charge in [0.2, 0.25) is 5.91 Å². The number of nitrogens with one attached hydrogen (secondary N) is 2. The van der Waals surface area contributed by atoms with Crippen LogP contribution in [0.1, 0.15) is 12.8 Å². The van der Waals surface area contributed by atoms with E-state index in [2.05, 4.69) is 10.6 Å². The molecule has 7 heteroatoms. The van der Waals surface area contributed by atoms with Crippen LogP contribution in [0.2, 0.25) is 0 Å². The Bertz CT molecular complexity index is 570. The van der Waals surface area contributed by atoms with Gasteiger partial charge in [0, 0.05) is 49.0 Å². The highest BCUT2D eigenvalue weighted by molar-refractivity contribution is 7.99. The van der Waals surface area contributed by atoms with Gasteiger partial charge in [0.15, 0.2) is 11.5 Å². The van der Waals surface area contributed by atoms with Gasteiger partial charge in [0.05, 0.1) is 19.3 Å². The summed E-state index contributed by atoms with van der Waals surface area (Å²) in [5, 5.41) is 15.7. The average Bonchev–Trinajstić information content (AvgIpc) is 2.85. The van der Waals surface area contributed by atoms with Crippen molar-refractivity contribution in [3.05, 3.63) is 18.2 Å². The predicted molar refractivity (Wildman–Crippen MR) is 92.8 cm³/mol. The number of carbonyl (C=O) groups is 1. The maximum atomic E-state index is 11.9. The molecule has 2 unspecified atom stereocenters. The van der Waals surface area contributed by atoms with Crippen LogP contribution in [-0.4, -0.2) is 55.7 Å². The zero-order valence-electron chi connectivity index (χ0n) is 13.6. The van der Waals surface area contributed by atoms with Crippen LogP contribution in [0.4, 0.5) is 0 Å². The Morgan fingerprint density at radius 2 is 2.12 bits per heavy atom. The Hall–Kier alpha value is -1.44. The second kappa shape index (κ2) is 8.60. The number of thioether (sulfide) groups is 1. The van der Waals surface area contributed by atoms with Crippen molar-refractivity contribution in [3.63, 3.8) is 0 Å². The fraction of sp³-hybridized carbons (Fsp3) is 0.588. The minimum Gasteiger partial charge on any atom is -0.490 e. The number of fused-ring (bicyclic) bond motifs is 1. The van der Waals surface area contributed by atoms with Gasteiger partial charge < -0.3 is 25.2 Å². The molecule has 0 aliphatic carbocycles. The first kappa shape index (κ1) is 17.4. The number of rotatable bonds is 6. The summed E-state index contributed by atoms with van der Waals surface area (Å²) in [6, 6.07) is 5.90. The monoisotopic (exact) mass is 352 g/mol. The molecule has 0 spiro atoms. The number of β-amino-alcohol motifs (C(OH)–C–C–N with tert-alkyl or cyclic N) is 1. The van der Waals surface area contributed by atoms with Crippen LogP contribution in [-0.2, 0) is 4.79 Å². The number of benzene rings is 1. The number of amides is 1. The smallest absolute Gasteiger partial charge is 0.220 e. The first-order valence-corrected chi connectivity index (χ1v) is 9.39. The normalized spacial score (nSPS) is 22.9. The maximum Gasteiger partial charge on any atom is 0.220 e. The molecule has 2 aliphatic heterocycles. The quantitative estimate of drug-likeness (QED) is 0.664. The predicted octanol–water partition coefficient (Wildman–Crippen LogP) is 1.03. The third-order valence-corrected chi connectivity index (χ3v) is 5.18. The summed E-state index contributed by atoms with van der Waals surface area (Å²) >= 11 is 1.63. The number of ether oxygens (including phenoxy) is 2. The molecule has 1 aromatic rings. The third-order valence-electron chi connectivity index (χ3n) is 4.18. The van der Waals surface area contributed by atoms with Crippen molar-refractivity contribution in [2.75, 3.05) is 38.6 Å². The van der Waals surface area contributed by atoms with Crippen LogP contribution in [0.25, 0.3) is 0 Å². The molecule has 1 aromatic carbocycles. The van der Waals surface area contributed by atoms with Gasteiger partial charge in [-0.3, -0.25) is 4.79 Å². The fourth-order valence-electron chi connectivity index (χ4n) is 2.76. The molecule has 0 bridgehead atoms. The average molecular weight is 352 g/mol. The van der Waals surface area contributed by atoms with E-state index in [1.165, 1.54) is 0 Å². The molecule has 3 rings (SSSR count). The summed E-state index contributed by atoms with van der Waals surface area (Å²) in [7, 11) is 0. The summed E-state index contributed by atoms with van der Waals surface area (Å²) in [5.41, 5.74) is 0. The lowest BCUT2D eigenvalue weighted by atomic mass is 10.1. The summed E-state index contributed by atoms with van der Waals surface area (Å²) < 4.78 is 11.3. The van der Waals surface area contributed by atoms with Crippen LogP contribution in [0.5, 0.6) is 11.5 Å². The van der Waals surface area contributed by atoms with Crippen molar-refractivity contribution in [1.29, 1.82) is 0 Å². The second-order valence-electron chi connectivity index (χ2n) is 6.05. The Morgan fingerprint density at radius 1 is 1.29 bits per heavy atom. The highest BCUT2D eigenvalue weighted by Gasteiger charge is 2.24. The largest absolute Gasteiger partial charge is 0.490 e. The molecular formula is C17H24N2O4S. The van der Waals surface area contributed by atoms with Crippen molar-refractivity contribution in [2.45, 2.75) is 23.8 Å². The van der Waals surface area contributed by atoms with Gasteiger partial charge in [-0.1, -0.05) is 0 Å². The lowest BCUT2D eigenvalue weighted by Crippen LogP contribution is -2.34. The van der Waals surface area contributed by atoms with Crippen LogP contribution in [0.15, 0.2) is 23.1 Å². The molecule has 3 N–H and O–H groups in total. The van der Waals surface area contributed by atoms with Crippen molar-refractivity contribution in [2.24, 2.45) is 5.92 Å². The van der Waals surface area contributed by atoms with Crippen LogP contribution in [0.3, 0.4) is 0 Å². The molecule has 1 amide bonds. The first-order valence-electron chi connectivity index (χ1n) is 8.40. The van der Waals surface area contributed by atoms with Gasteiger partial charge in [0.1, 0.15) is 0 Å². The molecule has 0 radical (unpaired) electrons. The van der Waals surface area contributed by atoms with Gasteiger partial charge in [-0.15, -0.1) is 11.8 Å². The Morgan fingerprint density at radius 3 is 2.92 bits per heavy atom. The Labute approximate surface area is 146 Å². The topological polar surface area (TPSA) is 79.8 Å². The van der Waals surface area contributed by atoms with Crippen LogP contribution >= 0.6 is 11.8 Å². The zero-order valence-corrected chi connectivity index (χ0v) is 14.4. The van der Waals surface area contributed by atoms with E-state index in [0.29, 0.717) is 38.5 Å². The molecule has 2 atom stereocenters. The van der Waals surface area contributed by atoms with Crippen LogP contribution in [0, 0.1) is 5.92 Å². The third kappa shape index (κ3) is 4.78. The molecule has 1 fully saturated rings. The molecule has 1 saturated heterocycles. The van der Waals surface area contributed by atoms with E-state index in [0.717, 1.165) is 29.4 Å². The number of aliphatic hydroxyl groups is 1. The number of hydrogen-bond acceptors (Lipinski definition) is 6. The molecule has 2 heterocycles. The van der Waals surface area contributed by atoms with E-state index in [1.54, 1.807) is 11.8 Å². The maximum absolute atomic E-state index is 11.9. The highest BCUT2D eigenvalue weighted by Crippen LogP contribution is 2.33.